The van der Waals surface area contributed by atoms with Crippen molar-refractivity contribution in [1.29, 1.82) is 0 Å². The second-order valence-electron chi connectivity index (χ2n) is 5.53. The molecule has 2 aromatic rings. The van der Waals surface area contributed by atoms with Crippen molar-refractivity contribution >= 4 is 23.2 Å². The summed E-state index contributed by atoms with van der Waals surface area (Å²) >= 11 is 1.50. The van der Waals surface area contributed by atoms with Crippen molar-refractivity contribution in [3.63, 3.8) is 0 Å². The number of alkyl halides is 2. The van der Waals surface area contributed by atoms with Crippen molar-refractivity contribution in [2.24, 2.45) is 0 Å². The molecule has 0 saturated carbocycles. The van der Waals surface area contributed by atoms with Crippen LogP contribution in [0.1, 0.15) is 25.7 Å². The lowest BCUT2D eigenvalue weighted by atomic mass is 10.1. The molecule has 0 aliphatic heterocycles. The third kappa shape index (κ3) is 6.11. The van der Waals surface area contributed by atoms with Gasteiger partial charge in [0.1, 0.15) is 5.75 Å². The van der Waals surface area contributed by atoms with E-state index in [1.54, 1.807) is 18.2 Å². The van der Waals surface area contributed by atoms with Gasteiger partial charge in [-0.3, -0.25) is 4.79 Å². The minimum absolute atomic E-state index is 0.0821. The van der Waals surface area contributed by atoms with Crippen LogP contribution in [0.5, 0.6) is 5.75 Å². The van der Waals surface area contributed by atoms with Gasteiger partial charge in [0.25, 0.3) is 5.91 Å². The Kier molecular flexibility index (Phi) is 7.08. The molecule has 1 N–H and O–H groups in total. The first-order valence-corrected chi connectivity index (χ1v) is 8.71. The maximum Gasteiger partial charge on any atom is 0.387 e. The fraction of sp³-hybridized carbons (Fsp3) is 0.333. The third-order valence-electron chi connectivity index (χ3n) is 3.48. The number of halogens is 2. The molecule has 0 bridgehead atoms. The number of esters is 1. The highest BCUT2D eigenvalue weighted by Gasteiger charge is 2.14. The number of nitrogens with one attached hydrogen (secondary N) is 1. The van der Waals surface area contributed by atoms with Gasteiger partial charge in [-0.25, -0.2) is 4.79 Å². The molecule has 0 unspecified atom stereocenters. The number of carbonyl (C=O) groups excluding carboxylic acids is 2. The van der Waals surface area contributed by atoms with Crippen molar-refractivity contribution in [3.8, 4) is 5.75 Å². The molecule has 0 atom stereocenters. The van der Waals surface area contributed by atoms with Crippen LogP contribution in [0, 0.1) is 13.8 Å². The fourth-order valence-corrected chi connectivity index (χ4v) is 3.19. The van der Waals surface area contributed by atoms with Gasteiger partial charge in [-0.1, -0.05) is 12.1 Å². The monoisotopic (exact) mass is 383 g/mol. The minimum atomic E-state index is -2.86. The average Bonchev–Trinajstić information content (AvgIpc) is 2.92. The zero-order valence-electron chi connectivity index (χ0n) is 14.4. The summed E-state index contributed by atoms with van der Waals surface area (Å²) in [5.41, 5.74) is 1.33. The van der Waals surface area contributed by atoms with Crippen LogP contribution in [0.2, 0.25) is 0 Å². The normalized spacial score (nSPS) is 10.7. The molecule has 0 fully saturated rings. The predicted octanol–water partition coefficient (Wildman–Crippen LogP) is 3.48. The van der Waals surface area contributed by atoms with Crippen LogP contribution in [-0.4, -0.2) is 31.6 Å². The van der Waals surface area contributed by atoms with Gasteiger partial charge in [-0.15, -0.1) is 11.3 Å². The minimum Gasteiger partial charge on any atom is -0.452 e. The maximum absolute atomic E-state index is 12.1. The summed E-state index contributed by atoms with van der Waals surface area (Å²) in [4.78, 5) is 25.5. The van der Waals surface area contributed by atoms with E-state index in [1.165, 1.54) is 23.5 Å². The number of hydrogen-bond acceptors (Lipinski definition) is 5. The Balaban J connectivity index is 1.70. The summed E-state index contributed by atoms with van der Waals surface area (Å²) in [7, 11) is 0. The van der Waals surface area contributed by atoms with Gasteiger partial charge in [-0.05, 0) is 44.0 Å². The number of aryl methyl sites for hydroxylation is 2. The Morgan fingerprint density at radius 3 is 2.46 bits per heavy atom. The van der Waals surface area contributed by atoms with Gasteiger partial charge in [0.05, 0.1) is 5.56 Å². The molecular weight excluding hydrogens is 364 g/mol. The molecule has 8 heteroatoms. The molecule has 140 valence electrons. The molecule has 5 nitrogen and oxygen atoms in total. The van der Waals surface area contributed by atoms with Gasteiger partial charge in [-0.2, -0.15) is 8.78 Å². The molecule has 26 heavy (non-hydrogen) atoms. The summed E-state index contributed by atoms with van der Waals surface area (Å²) in [5, 5.41) is 2.64. The second-order valence-corrected chi connectivity index (χ2v) is 6.99. The maximum atomic E-state index is 12.1. The molecule has 0 aliphatic carbocycles. The fourth-order valence-electron chi connectivity index (χ4n) is 2.28. The first kappa shape index (κ1) is 19.8. The Morgan fingerprint density at radius 2 is 1.88 bits per heavy atom. The number of carbonyl (C=O) groups is 2. The number of amides is 1. The number of rotatable bonds is 8. The Morgan fingerprint density at radius 1 is 1.19 bits per heavy atom. The van der Waals surface area contributed by atoms with Crippen LogP contribution < -0.4 is 10.1 Å². The van der Waals surface area contributed by atoms with E-state index in [0.717, 1.165) is 15.3 Å². The quantitative estimate of drug-likeness (QED) is 0.709. The van der Waals surface area contributed by atoms with E-state index in [9.17, 15) is 18.4 Å². The zero-order valence-corrected chi connectivity index (χ0v) is 15.2. The largest absolute Gasteiger partial charge is 0.452 e. The number of ether oxygens (including phenoxy) is 2. The first-order chi connectivity index (χ1) is 12.3. The molecule has 1 amide bonds. The lowest BCUT2D eigenvalue weighted by molar-refractivity contribution is -0.124. The Labute approximate surface area is 153 Å². The number of benzene rings is 1. The molecule has 1 aromatic heterocycles. The summed E-state index contributed by atoms with van der Waals surface area (Å²) < 4.78 is 33.4. The van der Waals surface area contributed by atoms with E-state index in [2.05, 4.69) is 10.1 Å². The van der Waals surface area contributed by atoms with Crippen LogP contribution in [0.4, 0.5) is 8.78 Å². The molecular formula is C18H19F2NO4S. The first-order valence-electron chi connectivity index (χ1n) is 7.89. The summed E-state index contributed by atoms with van der Waals surface area (Å²) in [5.74, 6) is -0.837. The van der Waals surface area contributed by atoms with Gasteiger partial charge in [0.2, 0.25) is 0 Å². The molecule has 2 rings (SSSR count). The van der Waals surface area contributed by atoms with E-state index < -0.39 is 18.5 Å². The molecule has 0 saturated heterocycles. The van der Waals surface area contributed by atoms with Crippen molar-refractivity contribution in [2.75, 3.05) is 13.2 Å². The van der Waals surface area contributed by atoms with E-state index in [4.69, 9.17) is 4.74 Å². The van der Waals surface area contributed by atoms with Crippen LogP contribution in [0.15, 0.2) is 30.3 Å². The van der Waals surface area contributed by atoms with Gasteiger partial charge in [0, 0.05) is 16.3 Å². The van der Waals surface area contributed by atoms with E-state index in [1.807, 2.05) is 13.8 Å². The summed E-state index contributed by atoms with van der Waals surface area (Å²) in [6.07, 6.45) is 0.511. The van der Waals surface area contributed by atoms with Crippen molar-refractivity contribution in [3.05, 3.63) is 51.2 Å². The number of thiophene rings is 1. The van der Waals surface area contributed by atoms with Crippen LogP contribution in [-0.2, 0) is 16.0 Å². The number of hydrogen-bond donors (Lipinski definition) is 1. The lowest BCUT2D eigenvalue weighted by Crippen LogP contribution is -2.30. The zero-order chi connectivity index (χ0) is 19.1. The summed E-state index contributed by atoms with van der Waals surface area (Å²) in [6.45, 7) is 0.847. The van der Waals surface area contributed by atoms with E-state index in [0.29, 0.717) is 18.5 Å². The molecule has 1 heterocycles. The second kappa shape index (κ2) is 9.28. The van der Waals surface area contributed by atoms with E-state index in [-0.39, 0.29) is 12.4 Å². The molecule has 1 aromatic carbocycles. The van der Waals surface area contributed by atoms with Gasteiger partial charge < -0.3 is 14.8 Å². The van der Waals surface area contributed by atoms with Gasteiger partial charge in [0.15, 0.2) is 6.61 Å². The standard InChI is InChI=1S/C18H19F2NO4S/c1-11-9-15(12(2)26-11)17(23)24-10-16(22)21-8-7-13-3-5-14(6-4-13)25-18(19)20/h3-6,9,18H,7-8,10H2,1-2H3,(H,21,22). The molecule has 0 radical (unpaired) electrons. The van der Waals surface area contributed by atoms with Crippen molar-refractivity contribution < 1.29 is 27.8 Å². The van der Waals surface area contributed by atoms with E-state index >= 15 is 0 Å². The Hall–Kier alpha value is -2.48. The van der Waals surface area contributed by atoms with Crippen LogP contribution in [0.3, 0.4) is 0 Å². The smallest absolute Gasteiger partial charge is 0.387 e. The average molecular weight is 383 g/mol. The topological polar surface area (TPSA) is 64.6 Å². The van der Waals surface area contributed by atoms with Crippen molar-refractivity contribution in [1.82, 2.24) is 5.32 Å². The third-order valence-corrected chi connectivity index (χ3v) is 4.45. The predicted molar refractivity (Wildman–Crippen MR) is 93.9 cm³/mol. The van der Waals surface area contributed by atoms with Crippen LogP contribution in [0.25, 0.3) is 0 Å². The highest BCUT2D eigenvalue weighted by Crippen LogP contribution is 2.21. The van der Waals surface area contributed by atoms with Gasteiger partial charge >= 0.3 is 12.6 Å². The van der Waals surface area contributed by atoms with Crippen LogP contribution >= 0.6 is 11.3 Å². The lowest BCUT2D eigenvalue weighted by Gasteiger charge is -2.08. The Bertz CT molecular complexity index is 759. The molecule has 0 spiro atoms. The van der Waals surface area contributed by atoms with Crippen molar-refractivity contribution in [2.45, 2.75) is 26.9 Å². The molecule has 0 aliphatic rings. The summed E-state index contributed by atoms with van der Waals surface area (Å²) in [6, 6.07) is 7.91. The SMILES string of the molecule is Cc1cc(C(=O)OCC(=O)NCCc2ccc(OC(F)F)cc2)c(C)s1. The highest BCUT2D eigenvalue weighted by molar-refractivity contribution is 7.12. The highest BCUT2D eigenvalue weighted by atomic mass is 32.1.